The molecule has 0 amide bonds. The summed E-state index contributed by atoms with van der Waals surface area (Å²) in [5.41, 5.74) is 2.42. The Morgan fingerprint density at radius 3 is 1.50 bits per heavy atom. The molecule has 0 unspecified atom stereocenters. The van der Waals surface area contributed by atoms with Crippen molar-refractivity contribution in [1.82, 2.24) is 4.90 Å². The van der Waals surface area contributed by atoms with Gasteiger partial charge in [-0.25, -0.2) is 4.90 Å². The van der Waals surface area contributed by atoms with Crippen LogP contribution in [0.1, 0.15) is 27.7 Å². The summed E-state index contributed by atoms with van der Waals surface area (Å²) in [6.07, 6.45) is 0. The molecule has 0 fully saturated rings. The Balaban J connectivity index is 2.79. The van der Waals surface area contributed by atoms with Gasteiger partial charge in [0, 0.05) is 13.1 Å². The molecule has 0 saturated heterocycles. The predicted molar refractivity (Wildman–Crippen MR) is 54.3 cm³/mol. The number of hydrogen-bond acceptors (Lipinski definition) is 1. The fourth-order valence-corrected chi connectivity index (χ4v) is 1.94. The molecule has 0 aliphatic carbocycles. The minimum absolute atomic E-state index is 0.385. The van der Waals surface area contributed by atoms with E-state index in [9.17, 15) is 8.78 Å². The first-order chi connectivity index (χ1) is 6.43. The van der Waals surface area contributed by atoms with Crippen LogP contribution in [-0.2, 0) is 0 Å². The second-order valence-electron chi connectivity index (χ2n) is 4.54. The van der Waals surface area contributed by atoms with E-state index in [0.29, 0.717) is 24.9 Å². The Bertz CT molecular complexity index is 211. The highest BCUT2D eigenvalue weighted by atomic mass is 19.3. The minimum Gasteiger partial charge on any atom is -0.239 e. The Morgan fingerprint density at radius 1 is 0.929 bits per heavy atom. The summed E-state index contributed by atoms with van der Waals surface area (Å²) in [6, 6.07) is 0. The number of rotatable bonds is 3. The van der Waals surface area contributed by atoms with Crippen molar-refractivity contribution >= 4 is 0 Å². The average Bonchev–Trinajstić information content (AvgIpc) is 2.47. The maximum Gasteiger partial charge on any atom is 0.295 e. The Morgan fingerprint density at radius 2 is 1.29 bits per heavy atom. The molecule has 0 aromatic carbocycles. The lowest BCUT2D eigenvalue weighted by Crippen LogP contribution is -2.27. The molecular weight excluding hydrogens is 184 g/mol. The maximum absolute atomic E-state index is 12.5. The van der Waals surface area contributed by atoms with Crippen molar-refractivity contribution in [2.24, 2.45) is 11.8 Å². The van der Waals surface area contributed by atoms with Crippen molar-refractivity contribution in [2.75, 3.05) is 13.1 Å². The molecule has 0 radical (unpaired) electrons. The molecule has 14 heavy (non-hydrogen) atoms. The van der Waals surface area contributed by atoms with E-state index in [2.05, 4.69) is 27.7 Å². The van der Waals surface area contributed by atoms with Crippen LogP contribution in [0.2, 0.25) is 0 Å². The summed E-state index contributed by atoms with van der Waals surface area (Å²) in [6.45, 7) is 6.88. The highest BCUT2D eigenvalue weighted by Crippen LogP contribution is 2.30. The molecule has 0 N–H and O–H groups in total. The van der Waals surface area contributed by atoms with Crippen molar-refractivity contribution in [3.63, 3.8) is 0 Å². The molecule has 1 aliphatic heterocycles. The second-order valence-corrected chi connectivity index (χ2v) is 4.54. The maximum atomic E-state index is 12.5. The van der Waals surface area contributed by atoms with Gasteiger partial charge in [0.2, 0.25) is 0 Å². The van der Waals surface area contributed by atoms with Crippen molar-refractivity contribution in [1.29, 1.82) is 0 Å². The van der Waals surface area contributed by atoms with Gasteiger partial charge in [0.25, 0.3) is 6.55 Å². The highest BCUT2D eigenvalue weighted by molar-refractivity contribution is 5.26. The third-order valence-electron chi connectivity index (χ3n) is 2.83. The van der Waals surface area contributed by atoms with Crippen molar-refractivity contribution in [2.45, 2.75) is 34.2 Å². The number of nitrogens with zero attached hydrogens (tertiary/aromatic N) is 1. The van der Waals surface area contributed by atoms with E-state index in [0.717, 1.165) is 0 Å². The molecule has 0 bridgehead atoms. The van der Waals surface area contributed by atoms with Crippen LogP contribution in [0.15, 0.2) is 11.1 Å². The molecular formula is C11H19F2N. The molecule has 1 heterocycles. The molecule has 1 aliphatic rings. The van der Waals surface area contributed by atoms with Gasteiger partial charge in [-0.15, -0.1) is 0 Å². The molecule has 1 rings (SSSR count). The first kappa shape index (κ1) is 11.6. The fraction of sp³-hybridized carbons (Fsp3) is 0.818. The quantitative estimate of drug-likeness (QED) is 0.503. The molecule has 0 spiro atoms. The van der Waals surface area contributed by atoms with E-state index in [4.69, 9.17) is 0 Å². The van der Waals surface area contributed by atoms with Crippen LogP contribution in [0.25, 0.3) is 0 Å². The van der Waals surface area contributed by atoms with Gasteiger partial charge < -0.3 is 0 Å². The summed E-state index contributed by atoms with van der Waals surface area (Å²) < 4.78 is 25.0. The van der Waals surface area contributed by atoms with Crippen molar-refractivity contribution < 1.29 is 8.78 Å². The molecule has 0 saturated carbocycles. The van der Waals surface area contributed by atoms with E-state index in [1.54, 1.807) is 0 Å². The topological polar surface area (TPSA) is 3.24 Å². The normalized spacial score (nSPS) is 19.5. The zero-order valence-corrected chi connectivity index (χ0v) is 9.35. The van der Waals surface area contributed by atoms with Gasteiger partial charge in [-0.3, -0.25) is 0 Å². The molecule has 3 heteroatoms. The van der Waals surface area contributed by atoms with E-state index < -0.39 is 6.55 Å². The van der Waals surface area contributed by atoms with E-state index in [1.807, 2.05) is 0 Å². The lowest BCUT2D eigenvalue weighted by molar-refractivity contribution is -0.0101. The largest absolute Gasteiger partial charge is 0.295 e. The standard InChI is InChI=1S/C11H19F2N/c1-7(2)9-5-14(11(12)13)6-10(9)8(3)4/h7-8,11H,5-6H2,1-4H3. The molecule has 82 valence electrons. The summed E-state index contributed by atoms with van der Waals surface area (Å²) in [5.74, 6) is 0.771. The van der Waals surface area contributed by atoms with Crippen LogP contribution in [-0.4, -0.2) is 24.5 Å². The smallest absolute Gasteiger partial charge is 0.239 e. The van der Waals surface area contributed by atoms with E-state index >= 15 is 0 Å². The van der Waals surface area contributed by atoms with Gasteiger partial charge in [0.15, 0.2) is 0 Å². The van der Waals surface area contributed by atoms with Gasteiger partial charge in [0.05, 0.1) is 0 Å². The Hall–Kier alpha value is -0.440. The van der Waals surface area contributed by atoms with Crippen LogP contribution < -0.4 is 0 Å². The monoisotopic (exact) mass is 203 g/mol. The van der Waals surface area contributed by atoms with Crippen LogP contribution in [0.4, 0.5) is 8.78 Å². The zero-order valence-electron chi connectivity index (χ0n) is 9.35. The predicted octanol–water partition coefficient (Wildman–Crippen LogP) is 3.13. The summed E-state index contributed by atoms with van der Waals surface area (Å²) in [7, 11) is 0. The van der Waals surface area contributed by atoms with Gasteiger partial charge in [-0.05, 0) is 11.8 Å². The SMILES string of the molecule is CC(C)C1=C(C(C)C)CN(C(F)F)C1. The lowest BCUT2D eigenvalue weighted by Gasteiger charge is -2.15. The number of halogens is 2. The zero-order chi connectivity index (χ0) is 10.9. The molecule has 0 aromatic heterocycles. The van der Waals surface area contributed by atoms with Crippen LogP contribution in [0.3, 0.4) is 0 Å². The summed E-state index contributed by atoms with van der Waals surface area (Å²) in [4.78, 5) is 1.24. The number of hydrogen-bond donors (Lipinski definition) is 0. The second kappa shape index (κ2) is 4.39. The van der Waals surface area contributed by atoms with Crippen LogP contribution in [0, 0.1) is 11.8 Å². The summed E-state index contributed by atoms with van der Waals surface area (Å²) in [5, 5.41) is 0. The Kier molecular flexibility index (Phi) is 3.65. The fourth-order valence-electron chi connectivity index (χ4n) is 1.94. The van der Waals surface area contributed by atoms with Gasteiger partial charge in [-0.1, -0.05) is 38.8 Å². The van der Waals surface area contributed by atoms with Gasteiger partial charge >= 0.3 is 0 Å². The average molecular weight is 203 g/mol. The Labute approximate surface area is 84.8 Å². The third kappa shape index (κ3) is 2.32. The van der Waals surface area contributed by atoms with Gasteiger partial charge in [0.1, 0.15) is 0 Å². The van der Waals surface area contributed by atoms with E-state index in [1.165, 1.54) is 16.0 Å². The van der Waals surface area contributed by atoms with Gasteiger partial charge in [-0.2, -0.15) is 8.78 Å². The van der Waals surface area contributed by atoms with Crippen LogP contribution >= 0.6 is 0 Å². The first-order valence-corrected chi connectivity index (χ1v) is 5.17. The van der Waals surface area contributed by atoms with Crippen LogP contribution in [0.5, 0.6) is 0 Å². The third-order valence-corrected chi connectivity index (χ3v) is 2.83. The van der Waals surface area contributed by atoms with Crippen molar-refractivity contribution in [3.8, 4) is 0 Å². The van der Waals surface area contributed by atoms with Crippen molar-refractivity contribution in [3.05, 3.63) is 11.1 Å². The van der Waals surface area contributed by atoms with E-state index in [-0.39, 0.29) is 0 Å². The molecule has 1 nitrogen and oxygen atoms in total. The number of alkyl halides is 2. The molecule has 0 aromatic rings. The summed E-state index contributed by atoms with van der Waals surface area (Å²) >= 11 is 0. The highest BCUT2D eigenvalue weighted by Gasteiger charge is 2.29. The first-order valence-electron chi connectivity index (χ1n) is 5.17. The lowest BCUT2D eigenvalue weighted by atomic mass is 9.93. The minimum atomic E-state index is -2.32. The molecule has 0 atom stereocenters.